The van der Waals surface area contributed by atoms with E-state index in [0.717, 1.165) is 0 Å². The van der Waals surface area contributed by atoms with Crippen LogP contribution < -0.4 is 0 Å². The molecule has 5 heteroatoms. The summed E-state index contributed by atoms with van der Waals surface area (Å²) in [5.41, 5.74) is -0.0515. The Labute approximate surface area is 102 Å². The molecular weight excluding hydrogens is 240 g/mol. The van der Waals surface area contributed by atoms with Crippen molar-refractivity contribution in [2.75, 3.05) is 5.75 Å². The summed E-state index contributed by atoms with van der Waals surface area (Å²) in [6, 6.07) is 0. The predicted molar refractivity (Wildman–Crippen MR) is 64.4 cm³/mol. The summed E-state index contributed by atoms with van der Waals surface area (Å²) in [6.07, 6.45) is 2.20. The maximum absolute atomic E-state index is 12.0. The molecule has 0 aromatic carbocycles. The van der Waals surface area contributed by atoms with E-state index in [-0.39, 0.29) is 28.3 Å². The molecule has 0 aromatic heterocycles. The van der Waals surface area contributed by atoms with Gasteiger partial charge in [0, 0.05) is 0 Å². The maximum Gasteiger partial charge on any atom is 0.306 e. The highest BCUT2D eigenvalue weighted by Gasteiger charge is 2.50. The van der Waals surface area contributed by atoms with E-state index in [1.54, 1.807) is 0 Å². The van der Waals surface area contributed by atoms with Gasteiger partial charge >= 0.3 is 5.97 Å². The number of hydrogen-bond donors (Lipinski definition) is 1. The molecule has 3 unspecified atom stereocenters. The van der Waals surface area contributed by atoms with Crippen LogP contribution >= 0.6 is 0 Å². The SMILES string of the molecule is CC1(C)CCS(=O)(=O)C2CCC(C(=O)O)CC21. The van der Waals surface area contributed by atoms with Crippen molar-refractivity contribution in [2.24, 2.45) is 17.3 Å². The number of aliphatic carboxylic acids is 1. The Bertz CT molecular complexity index is 424. The number of sulfone groups is 1. The van der Waals surface area contributed by atoms with Crippen LogP contribution in [0.4, 0.5) is 0 Å². The van der Waals surface area contributed by atoms with E-state index in [9.17, 15) is 13.2 Å². The Morgan fingerprint density at radius 3 is 2.53 bits per heavy atom. The van der Waals surface area contributed by atoms with Gasteiger partial charge in [0.1, 0.15) is 0 Å². The Hall–Kier alpha value is -0.580. The molecule has 0 amide bonds. The number of carbonyl (C=O) groups is 1. The van der Waals surface area contributed by atoms with Gasteiger partial charge in [0.05, 0.1) is 16.9 Å². The second kappa shape index (κ2) is 3.97. The van der Waals surface area contributed by atoms with Crippen molar-refractivity contribution in [2.45, 2.75) is 44.8 Å². The molecule has 0 spiro atoms. The molecule has 1 heterocycles. The molecule has 0 bridgehead atoms. The Balaban J connectivity index is 2.28. The van der Waals surface area contributed by atoms with Gasteiger partial charge < -0.3 is 5.11 Å². The van der Waals surface area contributed by atoms with Gasteiger partial charge in [0.2, 0.25) is 0 Å². The van der Waals surface area contributed by atoms with Crippen LogP contribution in [0.3, 0.4) is 0 Å². The lowest BCUT2D eigenvalue weighted by atomic mass is 9.66. The zero-order valence-electron chi connectivity index (χ0n) is 10.3. The van der Waals surface area contributed by atoms with Crippen molar-refractivity contribution in [3.63, 3.8) is 0 Å². The van der Waals surface area contributed by atoms with Crippen LogP contribution in [-0.4, -0.2) is 30.5 Å². The molecule has 1 N–H and O–H groups in total. The lowest BCUT2D eigenvalue weighted by molar-refractivity contribution is -0.144. The van der Waals surface area contributed by atoms with E-state index in [4.69, 9.17) is 5.11 Å². The van der Waals surface area contributed by atoms with Crippen molar-refractivity contribution in [3.05, 3.63) is 0 Å². The van der Waals surface area contributed by atoms with Crippen molar-refractivity contribution in [1.82, 2.24) is 0 Å². The van der Waals surface area contributed by atoms with Crippen molar-refractivity contribution in [1.29, 1.82) is 0 Å². The third kappa shape index (κ3) is 2.21. The van der Waals surface area contributed by atoms with E-state index in [1.807, 2.05) is 0 Å². The fourth-order valence-electron chi connectivity index (χ4n) is 3.36. The standard InChI is InChI=1S/C12H20O4S/c1-12(2)5-6-17(15,16)10-4-3-8(11(13)14)7-9(10)12/h8-10H,3-7H2,1-2H3,(H,13,14). The first-order valence-corrected chi connectivity index (χ1v) is 7.90. The van der Waals surface area contributed by atoms with E-state index < -0.39 is 15.8 Å². The Kier molecular flexibility index (Phi) is 3.00. The second-order valence-corrected chi connectivity index (χ2v) is 8.44. The minimum Gasteiger partial charge on any atom is -0.481 e. The molecule has 1 aliphatic carbocycles. The first-order chi connectivity index (χ1) is 7.74. The Morgan fingerprint density at radius 1 is 1.29 bits per heavy atom. The molecule has 0 radical (unpaired) electrons. The van der Waals surface area contributed by atoms with Crippen LogP contribution in [-0.2, 0) is 14.6 Å². The van der Waals surface area contributed by atoms with Crippen molar-refractivity contribution >= 4 is 15.8 Å². The molecular formula is C12H20O4S. The number of carboxylic acids is 1. The molecule has 0 aromatic rings. The predicted octanol–water partition coefficient (Wildman–Crippen LogP) is 1.70. The third-order valence-electron chi connectivity index (χ3n) is 4.63. The van der Waals surface area contributed by atoms with Crippen LogP contribution in [0.15, 0.2) is 0 Å². The van der Waals surface area contributed by atoms with E-state index in [1.165, 1.54) is 0 Å². The average molecular weight is 260 g/mol. The summed E-state index contributed by atoms with van der Waals surface area (Å²) in [5.74, 6) is -0.860. The normalized spacial score (nSPS) is 39.3. The average Bonchev–Trinajstić information content (AvgIpc) is 2.24. The highest BCUT2D eigenvalue weighted by atomic mass is 32.2. The molecule has 3 atom stereocenters. The van der Waals surface area contributed by atoms with E-state index >= 15 is 0 Å². The van der Waals surface area contributed by atoms with Crippen LogP contribution in [0, 0.1) is 17.3 Å². The van der Waals surface area contributed by atoms with Crippen LogP contribution in [0.5, 0.6) is 0 Å². The summed E-state index contributed by atoms with van der Waals surface area (Å²) in [4.78, 5) is 11.1. The zero-order valence-corrected chi connectivity index (χ0v) is 11.2. The quantitative estimate of drug-likeness (QED) is 0.779. The number of fused-ring (bicyclic) bond motifs is 1. The van der Waals surface area contributed by atoms with Gasteiger partial charge in [-0.05, 0) is 37.0 Å². The first kappa shape index (κ1) is 12.9. The zero-order chi connectivity index (χ0) is 12.8. The molecule has 1 saturated heterocycles. The lowest BCUT2D eigenvalue weighted by Crippen LogP contribution is -2.50. The summed E-state index contributed by atoms with van der Waals surface area (Å²) in [6.45, 7) is 4.15. The summed E-state index contributed by atoms with van der Waals surface area (Å²) >= 11 is 0. The number of rotatable bonds is 1. The molecule has 4 nitrogen and oxygen atoms in total. The fourth-order valence-corrected chi connectivity index (χ4v) is 5.95. The summed E-state index contributed by atoms with van der Waals surface area (Å²) in [5, 5.41) is 8.78. The highest BCUT2D eigenvalue weighted by molar-refractivity contribution is 7.92. The van der Waals surface area contributed by atoms with Gasteiger partial charge in [-0.25, -0.2) is 8.42 Å². The van der Waals surface area contributed by atoms with E-state index in [0.29, 0.717) is 25.7 Å². The molecule has 1 saturated carbocycles. The van der Waals surface area contributed by atoms with E-state index in [2.05, 4.69) is 13.8 Å². The minimum absolute atomic E-state index is 0.0103. The molecule has 2 aliphatic rings. The monoisotopic (exact) mass is 260 g/mol. The molecule has 17 heavy (non-hydrogen) atoms. The molecule has 1 aliphatic heterocycles. The van der Waals surface area contributed by atoms with Crippen LogP contribution in [0.25, 0.3) is 0 Å². The van der Waals surface area contributed by atoms with Gasteiger partial charge in [-0.1, -0.05) is 13.8 Å². The summed E-state index contributed by atoms with van der Waals surface area (Å²) < 4.78 is 24.1. The number of hydrogen-bond acceptors (Lipinski definition) is 3. The minimum atomic E-state index is -3.00. The molecule has 2 rings (SSSR count). The van der Waals surface area contributed by atoms with Crippen LogP contribution in [0.2, 0.25) is 0 Å². The highest BCUT2D eigenvalue weighted by Crippen LogP contribution is 2.48. The van der Waals surface area contributed by atoms with Crippen molar-refractivity contribution in [3.8, 4) is 0 Å². The van der Waals surface area contributed by atoms with Crippen LogP contribution in [0.1, 0.15) is 39.5 Å². The van der Waals surface area contributed by atoms with Gasteiger partial charge in [0.15, 0.2) is 9.84 Å². The van der Waals surface area contributed by atoms with Gasteiger partial charge in [0.25, 0.3) is 0 Å². The largest absolute Gasteiger partial charge is 0.481 e. The second-order valence-electron chi connectivity index (χ2n) is 6.10. The van der Waals surface area contributed by atoms with Gasteiger partial charge in [-0.2, -0.15) is 0 Å². The summed E-state index contributed by atoms with van der Waals surface area (Å²) in [7, 11) is -3.00. The smallest absolute Gasteiger partial charge is 0.306 e. The first-order valence-electron chi connectivity index (χ1n) is 6.18. The molecule has 98 valence electrons. The maximum atomic E-state index is 12.0. The lowest BCUT2D eigenvalue weighted by Gasteiger charge is -2.47. The van der Waals surface area contributed by atoms with Gasteiger partial charge in [-0.3, -0.25) is 4.79 Å². The third-order valence-corrected chi connectivity index (χ3v) is 6.89. The molecule has 2 fully saturated rings. The van der Waals surface area contributed by atoms with Gasteiger partial charge in [-0.15, -0.1) is 0 Å². The fraction of sp³-hybridized carbons (Fsp3) is 0.917. The van der Waals surface area contributed by atoms with Crippen molar-refractivity contribution < 1.29 is 18.3 Å². The topological polar surface area (TPSA) is 71.4 Å². The number of carboxylic acid groups (broad SMARTS) is 1. The Morgan fingerprint density at radius 2 is 1.94 bits per heavy atom.